The van der Waals surface area contributed by atoms with Gasteiger partial charge in [-0.2, -0.15) is 0 Å². The molecule has 1 unspecified atom stereocenters. The van der Waals surface area contributed by atoms with Crippen molar-refractivity contribution in [1.29, 1.82) is 0 Å². The first kappa shape index (κ1) is 21.5. The average molecular weight is 462 g/mol. The van der Waals surface area contributed by atoms with Crippen molar-refractivity contribution in [2.24, 2.45) is 0 Å². The summed E-state index contributed by atoms with van der Waals surface area (Å²) in [6.45, 7) is 0.351. The molecule has 168 valence electrons. The molecule has 0 radical (unpaired) electrons. The molecule has 13 nitrogen and oxygen atoms in total. The van der Waals surface area contributed by atoms with Crippen LogP contribution in [0.1, 0.15) is 35.8 Å². The molecule has 0 spiro atoms. The number of anilines is 1. The molecule has 1 saturated heterocycles. The average Bonchev–Trinajstić information content (AvgIpc) is 3.48. The molecule has 2 aliphatic rings. The standard InChI is InChI=1S/C18H18N6O7S/c1-21-5-4-14(22(18(21)26)17-20-19-16(32-17)11-2-3-11)31-15(25)8-10-6-12(23(27)28)9-13(7-10)24(29)30/h6-7,9,11,14H,2-5,8H2,1H3. The summed E-state index contributed by atoms with van der Waals surface area (Å²) in [7, 11) is 1.62. The van der Waals surface area contributed by atoms with Gasteiger partial charge >= 0.3 is 12.0 Å². The van der Waals surface area contributed by atoms with E-state index in [1.54, 1.807) is 7.05 Å². The number of rotatable bonds is 7. The first-order chi connectivity index (χ1) is 15.2. The summed E-state index contributed by atoms with van der Waals surface area (Å²) in [5.74, 6) is -0.427. The smallest absolute Gasteiger partial charge is 0.329 e. The Balaban J connectivity index is 1.52. The van der Waals surface area contributed by atoms with Crippen LogP contribution in [0.4, 0.5) is 21.3 Å². The third-order valence-corrected chi connectivity index (χ3v) is 6.18. The van der Waals surface area contributed by atoms with E-state index < -0.39 is 45.9 Å². The van der Waals surface area contributed by atoms with Gasteiger partial charge in [0.25, 0.3) is 11.4 Å². The maximum atomic E-state index is 12.8. The predicted octanol–water partition coefficient (Wildman–Crippen LogP) is 2.61. The van der Waals surface area contributed by atoms with Gasteiger partial charge in [0.1, 0.15) is 5.01 Å². The molecule has 2 aromatic rings. The summed E-state index contributed by atoms with van der Waals surface area (Å²) in [6.07, 6.45) is 1.01. The summed E-state index contributed by atoms with van der Waals surface area (Å²) < 4.78 is 5.51. The van der Waals surface area contributed by atoms with E-state index in [4.69, 9.17) is 4.74 Å². The van der Waals surface area contributed by atoms with E-state index in [-0.39, 0.29) is 5.56 Å². The van der Waals surface area contributed by atoms with Crippen molar-refractivity contribution in [1.82, 2.24) is 15.1 Å². The number of carbonyl (C=O) groups excluding carboxylic acids is 2. The van der Waals surface area contributed by atoms with E-state index in [2.05, 4.69) is 10.2 Å². The van der Waals surface area contributed by atoms with Crippen molar-refractivity contribution in [2.75, 3.05) is 18.5 Å². The van der Waals surface area contributed by atoms with Crippen molar-refractivity contribution in [3.05, 3.63) is 49.0 Å². The fraction of sp³-hybridized carbons (Fsp3) is 0.444. The molecule has 2 amide bonds. The van der Waals surface area contributed by atoms with Crippen LogP contribution in [0, 0.1) is 20.2 Å². The zero-order valence-corrected chi connectivity index (χ0v) is 17.7. The lowest BCUT2D eigenvalue weighted by Gasteiger charge is -2.37. The number of hydrogen-bond acceptors (Lipinski definition) is 10. The minimum absolute atomic E-state index is 0.0636. The number of carbonyl (C=O) groups is 2. The van der Waals surface area contributed by atoms with E-state index in [1.165, 1.54) is 21.1 Å². The topological polar surface area (TPSA) is 162 Å². The molecule has 1 aromatic heterocycles. The summed E-state index contributed by atoms with van der Waals surface area (Å²) in [4.78, 5) is 48.7. The SMILES string of the molecule is CN1CCC(OC(=O)Cc2cc([N+](=O)[O-])cc([N+](=O)[O-])c2)N(c2nnc(C3CC3)s2)C1=O. The number of amides is 2. The quantitative estimate of drug-likeness (QED) is 0.342. The van der Waals surface area contributed by atoms with Gasteiger partial charge in [-0.05, 0) is 18.4 Å². The monoisotopic (exact) mass is 462 g/mol. The van der Waals surface area contributed by atoms with E-state index >= 15 is 0 Å². The molecule has 0 bridgehead atoms. The van der Waals surface area contributed by atoms with Crippen LogP contribution in [-0.4, -0.2) is 56.8 Å². The normalized spacial score (nSPS) is 18.5. The van der Waals surface area contributed by atoms with Gasteiger partial charge in [0.05, 0.1) is 22.3 Å². The fourth-order valence-corrected chi connectivity index (χ4v) is 4.35. The summed E-state index contributed by atoms with van der Waals surface area (Å²) in [5.41, 5.74) is -0.937. The Morgan fingerprint density at radius 3 is 2.41 bits per heavy atom. The molecule has 1 aliphatic heterocycles. The Morgan fingerprint density at radius 2 is 1.81 bits per heavy atom. The van der Waals surface area contributed by atoms with Crippen LogP contribution in [0.25, 0.3) is 0 Å². The molecule has 0 N–H and O–H groups in total. The minimum atomic E-state index is -0.931. The molecular formula is C18H18N6O7S. The lowest BCUT2D eigenvalue weighted by Crippen LogP contribution is -2.54. The maximum Gasteiger partial charge on any atom is 0.329 e. The zero-order chi connectivity index (χ0) is 23.0. The van der Waals surface area contributed by atoms with Crippen LogP contribution in [0.15, 0.2) is 18.2 Å². The van der Waals surface area contributed by atoms with Crippen molar-refractivity contribution in [3.8, 4) is 0 Å². The summed E-state index contributed by atoms with van der Waals surface area (Å²) in [6, 6.07) is 2.59. The number of benzene rings is 1. The van der Waals surface area contributed by atoms with Gasteiger partial charge < -0.3 is 9.64 Å². The second-order valence-electron chi connectivity index (χ2n) is 7.55. The maximum absolute atomic E-state index is 12.8. The van der Waals surface area contributed by atoms with E-state index in [1.807, 2.05) is 0 Å². The summed E-state index contributed by atoms with van der Waals surface area (Å²) in [5, 5.41) is 31.5. The van der Waals surface area contributed by atoms with E-state index in [0.717, 1.165) is 36.0 Å². The highest BCUT2D eigenvalue weighted by atomic mass is 32.1. The number of nitrogens with zero attached hydrogens (tertiary/aromatic N) is 6. The predicted molar refractivity (Wildman–Crippen MR) is 110 cm³/mol. The van der Waals surface area contributed by atoms with Crippen LogP contribution in [0.5, 0.6) is 0 Å². The highest BCUT2D eigenvalue weighted by molar-refractivity contribution is 7.15. The molecule has 1 aliphatic carbocycles. The highest BCUT2D eigenvalue weighted by Crippen LogP contribution is 2.43. The highest BCUT2D eigenvalue weighted by Gasteiger charge is 2.38. The third-order valence-electron chi connectivity index (χ3n) is 5.09. The Morgan fingerprint density at radius 1 is 1.16 bits per heavy atom. The van der Waals surface area contributed by atoms with Gasteiger partial charge in [0.15, 0.2) is 6.23 Å². The molecule has 4 rings (SSSR count). The number of aromatic nitrogens is 2. The number of ether oxygens (including phenoxy) is 1. The molecule has 1 atom stereocenters. The molecular weight excluding hydrogens is 444 g/mol. The number of esters is 1. The van der Waals surface area contributed by atoms with Crippen LogP contribution in [0.2, 0.25) is 0 Å². The number of nitro groups is 2. The van der Waals surface area contributed by atoms with E-state index in [9.17, 15) is 29.8 Å². The molecule has 14 heteroatoms. The van der Waals surface area contributed by atoms with Gasteiger partial charge in [0, 0.05) is 38.1 Å². The second kappa shape index (κ2) is 8.45. The van der Waals surface area contributed by atoms with Gasteiger partial charge in [-0.15, -0.1) is 10.2 Å². The molecule has 32 heavy (non-hydrogen) atoms. The van der Waals surface area contributed by atoms with Gasteiger partial charge in [0.2, 0.25) is 5.13 Å². The van der Waals surface area contributed by atoms with Crippen LogP contribution < -0.4 is 4.90 Å². The Bertz CT molecular complexity index is 1070. The van der Waals surface area contributed by atoms with Crippen molar-refractivity contribution in [2.45, 2.75) is 37.8 Å². The van der Waals surface area contributed by atoms with Crippen LogP contribution >= 0.6 is 11.3 Å². The zero-order valence-electron chi connectivity index (χ0n) is 16.9. The van der Waals surface area contributed by atoms with Gasteiger partial charge in [-0.3, -0.25) is 25.0 Å². The Kier molecular flexibility index (Phi) is 5.69. The number of urea groups is 1. The molecule has 1 aromatic carbocycles. The molecule has 2 heterocycles. The minimum Gasteiger partial charge on any atom is -0.441 e. The first-order valence-corrected chi connectivity index (χ1v) is 10.5. The van der Waals surface area contributed by atoms with Crippen molar-refractivity contribution in [3.63, 3.8) is 0 Å². The number of nitro benzene ring substituents is 2. The van der Waals surface area contributed by atoms with Crippen LogP contribution in [-0.2, 0) is 16.0 Å². The van der Waals surface area contributed by atoms with Gasteiger partial charge in [-0.25, -0.2) is 9.69 Å². The Labute approximate surface area is 184 Å². The third kappa shape index (κ3) is 4.49. The number of hydrogen-bond donors (Lipinski definition) is 0. The van der Waals surface area contributed by atoms with Crippen LogP contribution in [0.3, 0.4) is 0 Å². The first-order valence-electron chi connectivity index (χ1n) is 9.73. The molecule has 2 fully saturated rings. The summed E-state index contributed by atoms with van der Waals surface area (Å²) >= 11 is 1.28. The Hall–Kier alpha value is -3.68. The van der Waals surface area contributed by atoms with Crippen molar-refractivity contribution < 1.29 is 24.2 Å². The van der Waals surface area contributed by atoms with Crippen molar-refractivity contribution >= 4 is 39.8 Å². The largest absolute Gasteiger partial charge is 0.441 e. The number of non-ortho nitro benzene ring substituents is 2. The lowest BCUT2D eigenvalue weighted by molar-refractivity contribution is -0.394. The second-order valence-corrected chi connectivity index (χ2v) is 8.54. The van der Waals surface area contributed by atoms with Gasteiger partial charge in [-0.1, -0.05) is 11.3 Å². The van der Waals surface area contributed by atoms with E-state index in [0.29, 0.717) is 24.0 Å². The molecule has 1 saturated carbocycles. The lowest BCUT2D eigenvalue weighted by atomic mass is 10.1. The fourth-order valence-electron chi connectivity index (χ4n) is 3.30.